The van der Waals surface area contributed by atoms with Gasteiger partial charge in [-0.15, -0.1) is 0 Å². The molecule has 1 aromatic rings. The number of hydrogen-bond acceptors (Lipinski definition) is 1. The normalized spacial score (nSPS) is 9.50. The minimum atomic E-state index is 0.837. The van der Waals surface area contributed by atoms with Gasteiger partial charge in [0.05, 0.1) is 0 Å². The molecule has 2 heteroatoms. The molecule has 0 saturated heterocycles. The van der Waals surface area contributed by atoms with E-state index in [-0.39, 0.29) is 0 Å². The predicted octanol–water partition coefficient (Wildman–Crippen LogP) is 3.03. The Balaban J connectivity index is 2.65. The molecule has 0 aliphatic carbocycles. The molecule has 1 rings (SSSR count). The Bertz CT molecular complexity index is 256. The van der Waals surface area contributed by atoms with E-state index in [1.54, 1.807) is 0 Å². The van der Waals surface area contributed by atoms with Crippen LogP contribution >= 0.6 is 15.9 Å². The van der Waals surface area contributed by atoms with E-state index >= 15 is 0 Å². The van der Waals surface area contributed by atoms with Crippen LogP contribution in [0.25, 0.3) is 0 Å². The summed E-state index contributed by atoms with van der Waals surface area (Å²) in [5.41, 5.74) is 1.21. The van der Waals surface area contributed by atoms with Gasteiger partial charge in [0.1, 0.15) is 0 Å². The maximum atomic E-state index is 3.80. The third-order valence-corrected chi connectivity index (χ3v) is 1.86. The summed E-state index contributed by atoms with van der Waals surface area (Å²) in [4.78, 5) is 2.14. The Morgan fingerprint density at radius 1 is 1.42 bits per heavy atom. The van der Waals surface area contributed by atoms with E-state index in [0.29, 0.717) is 0 Å². The SMILES string of the molecule is C=C(Br)CN(C)c1ccccc1. The molecule has 0 saturated carbocycles. The second kappa shape index (κ2) is 4.31. The number of anilines is 1. The fourth-order valence-corrected chi connectivity index (χ4v) is 1.41. The molecule has 0 aromatic heterocycles. The molecule has 0 aliphatic rings. The van der Waals surface area contributed by atoms with Crippen molar-refractivity contribution < 1.29 is 0 Å². The molecule has 0 amide bonds. The average molecular weight is 226 g/mol. The number of nitrogens with zero attached hydrogens (tertiary/aromatic N) is 1. The van der Waals surface area contributed by atoms with E-state index in [1.165, 1.54) is 5.69 Å². The second-order valence-corrected chi connectivity index (χ2v) is 3.83. The Labute approximate surface area is 81.8 Å². The highest BCUT2D eigenvalue weighted by molar-refractivity contribution is 9.11. The van der Waals surface area contributed by atoms with Crippen LogP contribution in [0.3, 0.4) is 0 Å². The molecule has 0 heterocycles. The smallest absolute Gasteiger partial charge is 0.0485 e. The first-order valence-electron chi connectivity index (χ1n) is 3.79. The van der Waals surface area contributed by atoms with Crippen LogP contribution in [0.1, 0.15) is 0 Å². The van der Waals surface area contributed by atoms with Crippen molar-refractivity contribution in [1.29, 1.82) is 0 Å². The van der Waals surface area contributed by atoms with Crippen LogP contribution in [0.15, 0.2) is 41.4 Å². The van der Waals surface area contributed by atoms with Gasteiger partial charge in [-0.05, 0) is 12.1 Å². The Morgan fingerprint density at radius 3 is 2.50 bits per heavy atom. The van der Waals surface area contributed by atoms with Gasteiger partial charge >= 0.3 is 0 Å². The standard InChI is InChI=1S/C10H12BrN/c1-9(11)8-12(2)10-6-4-3-5-7-10/h3-7H,1,8H2,2H3. The van der Waals surface area contributed by atoms with E-state index in [4.69, 9.17) is 0 Å². The zero-order chi connectivity index (χ0) is 8.97. The van der Waals surface area contributed by atoms with Crippen LogP contribution < -0.4 is 4.90 Å². The topological polar surface area (TPSA) is 3.24 Å². The van der Waals surface area contributed by atoms with Gasteiger partial charge in [0.25, 0.3) is 0 Å². The predicted molar refractivity (Wildman–Crippen MR) is 57.8 cm³/mol. The van der Waals surface area contributed by atoms with Gasteiger partial charge in [-0.2, -0.15) is 0 Å². The van der Waals surface area contributed by atoms with Gasteiger partial charge in [0, 0.05) is 23.8 Å². The lowest BCUT2D eigenvalue weighted by atomic mass is 10.3. The lowest BCUT2D eigenvalue weighted by molar-refractivity contribution is 1.03. The molecule has 0 aliphatic heterocycles. The first-order valence-corrected chi connectivity index (χ1v) is 4.59. The quantitative estimate of drug-likeness (QED) is 0.765. The van der Waals surface area contributed by atoms with Crippen molar-refractivity contribution in [3.63, 3.8) is 0 Å². The van der Waals surface area contributed by atoms with Gasteiger partial charge < -0.3 is 4.90 Å². The summed E-state index contributed by atoms with van der Waals surface area (Å²) in [6.45, 7) is 4.63. The minimum Gasteiger partial charge on any atom is -0.370 e. The van der Waals surface area contributed by atoms with Crippen LogP contribution in [0.2, 0.25) is 0 Å². The highest BCUT2D eigenvalue weighted by Gasteiger charge is 1.98. The minimum absolute atomic E-state index is 0.837. The van der Waals surface area contributed by atoms with Crippen LogP contribution in [-0.4, -0.2) is 13.6 Å². The Hall–Kier alpha value is -0.760. The van der Waals surface area contributed by atoms with Crippen LogP contribution in [0, 0.1) is 0 Å². The van der Waals surface area contributed by atoms with Crippen LogP contribution in [0.5, 0.6) is 0 Å². The molecule has 0 N–H and O–H groups in total. The average Bonchev–Trinajstić information content (AvgIpc) is 2.05. The summed E-state index contributed by atoms with van der Waals surface area (Å²) in [5, 5.41) is 0. The van der Waals surface area contributed by atoms with Crippen molar-refractivity contribution >= 4 is 21.6 Å². The molecule has 0 unspecified atom stereocenters. The highest BCUT2D eigenvalue weighted by Crippen LogP contribution is 2.13. The maximum absolute atomic E-state index is 3.80. The lowest BCUT2D eigenvalue weighted by Crippen LogP contribution is -2.17. The summed E-state index contributed by atoms with van der Waals surface area (Å²) in [5.74, 6) is 0. The van der Waals surface area contributed by atoms with Crippen molar-refractivity contribution in [2.24, 2.45) is 0 Å². The third-order valence-electron chi connectivity index (χ3n) is 1.61. The molecule has 0 spiro atoms. The molecule has 0 fully saturated rings. The van der Waals surface area contributed by atoms with Crippen molar-refractivity contribution in [2.45, 2.75) is 0 Å². The van der Waals surface area contributed by atoms with Crippen molar-refractivity contribution in [1.82, 2.24) is 0 Å². The Morgan fingerprint density at radius 2 is 2.00 bits per heavy atom. The summed E-state index contributed by atoms with van der Waals surface area (Å²) < 4.78 is 0.994. The number of likely N-dealkylation sites (N-methyl/N-ethyl adjacent to an activating group) is 1. The van der Waals surface area contributed by atoms with E-state index in [1.807, 2.05) is 25.2 Å². The summed E-state index contributed by atoms with van der Waals surface area (Å²) in [6, 6.07) is 10.2. The number of hydrogen-bond donors (Lipinski definition) is 0. The summed E-state index contributed by atoms with van der Waals surface area (Å²) in [7, 11) is 2.04. The van der Waals surface area contributed by atoms with Gasteiger partial charge in [-0.3, -0.25) is 0 Å². The van der Waals surface area contributed by atoms with E-state index in [9.17, 15) is 0 Å². The van der Waals surface area contributed by atoms with E-state index in [0.717, 1.165) is 11.0 Å². The Kier molecular flexibility index (Phi) is 3.35. The molecular formula is C10H12BrN. The van der Waals surface area contributed by atoms with E-state index < -0.39 is 0 Å². The largest absolute Gasteiger partial charge is 0.370 e. The number of para-hydroxylation sites is 1. The van der Waals surface area contributed by atoms with E-state index in [2.05, 4.69) is 39.5 Å². The molecule has 1 aromatic carbocycles. The van der Waals surface area contributed by atoms with Gasteiger partial charge in [-0.1, -0.05) is 40.7 Å². The van der Waals surface area contributed by atoms with Gasteiger partial charge in [0.15, 0.2) is 0 Å². The fraction of sp³-hybridized carbons (Fsp3) is 0.200. The second-order valence-electron chi connectivity index (χ2n) is 2.71. The zero-order valence-electron chi connectivity index (χ0n) is 7.13. The molecule has 1 nitrogen and oxygen atoms in total. The molecule has 12 heavy (non-hydrogen) atoms. The van der Waals surface area contributed by atoms with Crippen molar-refractivity contribution in [2.75, 3.05) is 18.5 Å². The number of halogens is 1. The lowest BCUT2D eigenvalue weighted by Gasteiger charge is -2.18. The molecule has 0 radical (unpaired) electrons. The third kappa shape index (κ3) is 2.70. The summed E-state index contributed by atoms with van der Waals surface area (Å²) >= 11 is 3.34. The zero-order valence-corrected chi connectivity index (χ0v) is 8.71. The molecule has 0 atom stereocenters. The molecule has 64 valence electrons. The summed E-state index contributed by atoms with van der Waals surface area (Å²) in [6.07, 6.45) is 0. The highest BCUT2D eigenvalue weighted by atomic mass is 79.9. The van der Waals surface area contributed by atoms with Crippen LogP contribution in [-0.2, 0) is 0 Å². The fourth-order valence-electron chi connectivity index (χ4n) is 1.03. The molecular weight excluding hydrogens is 214 g/mol. The van der Waals surface area contributed by atoms with Crippen molar-refractivity contribution in [3.8, 4) is 0 Å². The van der Waals surface area contributed by atoms with Crippen molar-refractivity contribution in [3.05, 3.63) is 41.4 Å². The monoisotopic (exact) mass is 225 g/mol. The number of benzene rings is 1. The van der Waals surface area contributed by atoms with Crippen LogP contribution in [0.4, 0.5) is 5.69 Å². The molecule has 0 bridgehead atoms. The first-order chi connectivity index (χ1) is 5.70. The van der Waals surface area contributed by atoms with Gasteiger partial charge in [-0.25, -0.2) is 0 Å². The number of rotatable bonds is 3. The first kappa shape index (κ1) is 9.33. The van der Waals surface area contributed by atoms with Gasteiger partial charge in [0.2, 0.25) is 0 Å². The maximum Gasteiger partial charge on any atom is 0.0485 e.